The first-order chi connectivity index (χ1) is 9.05. The number of likely N-dealkylation sites (tertiary alicyclic amines) is 1. The summed E-state index contributed by atoms with van der Waals surface area (Å²) in [5.41, 5.74) is 0. The highest BCUT2D eigenvalue weighted by Crippen LogP contribution is 2.10. The lowest BCUT2D eigenvalue weighted by Crippen LogP contribution is -3.13. The van der Waals surface area contributed by atoms with Gasteiger partial charge in [-0.1, -0.05) is 6.42 Å². The fraction of sp³-hybridized carbons (Fsp3) is 0.923. The molecule has 1 atom stereocenters. The first-order valence-corrected chi connectivity index (χ1v) is 9.21. The Kier molecular flexibility index (Phi) is 5.21. The van der Waals surface area contributed by atoms with Crippen molar-refractivity contribution in [2.75, 3.05) is 31.1 Å². The first-order valence-electron chi connectivity index (χ1n) is 7.38. The molecule has 0 spiro atoms. The lowest BCUT2D eigenvalue weighted by Gasteiger charge is -2.22. The van der Waals surface area contributed by atoms with Gasteiger partial charge in [-0.2, -0.15) is 0 Å². The van der Waals surface area contributed by atoms with E-state index < -0.39 is 9.84 Å². The molecule has 2 fully saturated rings. The van der Waals surface area contributed by atoms with E-state index in [0.717, 1.165) is 13.1 Å². The molecule has 2 rings (SSSR count). The standard InChI is InChI=1S/C13H24N2O3S/c16-13(14-12-6-9-19(17,18)11-12)10-15-7-4-2-1-3-5-8-15/h12H,1-11H2,(H,14,16)/p+1/t12-/m0/s1. The summed E-state index contributed by atoms with van der Waals surface area (Å²) in [5.74, 6) is 0.348. The van der Waals surface area contributed by atoms with Crippen molar-refractivity contribution in [3.05, 3.63) is 0 Å². The molecule has 1 amide bonds. The van der Waals surface area contributed by atoms with Gasteiger partial charge in [-0.15, -0.1) is 0 Å². The Bertz CT molecular complexity index is 400. The quantitative estimate of drug-likeness (QED) is 0.710. The Morgan fingerprint density at radius 1 is 1.11 bits per heavy atom. The number of rotatable bonds is 3. The Morgan fingerprint density at radius 3 is 2.32 bits per heavy atom. The van der Waals surface area contributed by atoms with E-state index in [1.165, 1.54) is 37.0 Å². The number of nitrogens with one attached hydrogen (secondary N) is 2. The van der Waals surface area contributed by atoms with E-state index in [-0.39, 0.29) is 23.5 Å². The van der Waals surface area contributed by atoms with E-state index in [9.17, 15) is 13.2 Å². The Hall–Kier alpha value is -0.620. The number of sulfone groups is 1. The molecular weight excluding hydrogens is 264 g/mol. The van der Waals surface area contributed by atoms with Crippen molar-refractivity contribution < 1.29 is 18.1 Å². The molecule has 19 heavy (non-hydrogen) atoms. The smallest absolute Gasteiger partial charge is 0.275 e. The van der Waals surface area contributed by atoms with Crippen LogP contribution in [0.5, 0.6) is 0 Å². The summed E-state index contributed by atoms with van der Waals surface area (Å²) in [6.07, 6.45) is 6.82. The molecule has 0 unspecified atom stereocenters. The van der Waals surface area contributed by atoms with Gasteiger partial charge in [-0.05, 0) is 32.1 Å². The number of carbonyl (C=O) groups excluding carboxylic acids is 1. The van der Waals surface area contributed by atoms with Gasteiger partial charge in [0.15, 0.2) is 16.4 Å². The van der Waals surface area contributed by atoms with Crippen LogP contribution in [0.2, 0.25) is 0 Å². The van der Waals surface area contributed by atoms with Gasteiger partial charge in [-0.25, -0.2) is 8.42 Å². The van der Waals surface area contributed by atoms with Crippen LogP contribution in [-0.4, -0.2) is 51.5 Å². The van der Waals surface area contributed by atoms with Crippen molar-refractivity contribution >= 4 is 15.7 Å². The van der Waals surface area contributed by atoms with E-state index >= 15 is 0 Å². The van der Waals surface area contributed by atoms with E-state index in [4.69, 9.17) is 0 Å². The molecule has 2 N–H and O–H groups in total. The number of amides is 1. The summed E-state index contributed by atoms with van der Waals surface area (Å²) in [7, 11) is -2.91. The van der Waals surface area contributed by atoms with Crippen LogP contribution in [0.15, 0.2) is 0 Å². The molecule has 0 radical (unpaired) electrons. The van der Waals surface area contributed by atoms with Gasteiger partial charge in [0.1, 0.15) is 0 Å². The van der Waals surface area contributed by atoms with Crippen LogP contribution >= 0.6 is 0 Å². The van der Waals surface area contributed by atoms with Gasteiger partial charge in [0.25, 0.3) is 5.91 Å². The Balaban J connectivity index is 1.74. The molecule has 0 aliphatic carbocycles. The zero-order chi connectivity index (χ0) is 13.7. The minimum atomic E-state index is -2.91. The van der Waals surface area contributed by atoms with Crippen molar-refractivity contribution in [1.29, 1.82) is 0 Å². The summed E-state index contributed by atoms with van der Waals surface area (Å²) < 4.78 is 22.7. The second-order valence-electron chi connectivity index (χ2n) is 5.86. The topological polar surface area (TPSA) is 67.7 Å². The third kappa shape index (κ3) is 5.10. The van der Waals surface area contributed by atoms with Crippen LogP contribution in [0.4, 0.5) is 0 Å². The highest BCUT2D eigenvalue weighted by Gasteiger charge is 2.29. The maximum absolute atomic E-state index is 11.9. The predicted molar refractivity (Wildman–Crippen MR) is 73.9 cm³/mol. The minimum Gasteiger partial charge on any atom is -0.347 e. The van der Waals surface area contributed by atoms with Crippen LogP contribution in [0, 0.1) is 0 Å². The van der Waals surface area contributed by atoms with Crippen molar-refractivity contribution in [2.45, 2.75) is 44.6 Å². The number of hydrogen-bond donors (Lipinski definition) is 2. The summed E-state index contributed by atoms with van der Waals surface area (Å²) >= 11 is 0. The van der Waals surface area contributed by atoms with E-state index in [1.54, 1.807) is 0 Å². The Labute approximate surface area is 115 Å². The third-order valence-corrected chi connectivity index (χ3v) is 5.84. The summed E-state index contributed by atoms with van der Waals surface area (Å²) in [4.78, 5) is 13.3. The van der Waals surface area contributed by atoms with E-state index in [1.807, 2.05) is 0 Å². The van der Waals surface area contributed by atoms with Crippen LogP contribution < -0.4 is 10.2 Å². The maximum Gasteiger partial charge on any atom is 0.275 e. The zero-order valence-corrected chi connectivity index (χ0v) is 12.3. The van der Waals surface area contributed by atoms with Crippen molar-refractivity contribution in [3.63, 3.8) is 0 Å². The van der Waals surface area contributed by atoms with Crippen molar-refractivity contribution in [2.24, 2.45) is 0 Å². The number of hydrogen-bond acceptors (Lipinski definition) is 3. The molecule has 2 saturated heterocycles. The summed E-state index contributed by atoms with van der Waals surface area (Å²) in [6.45, 7) is 2.63. The summed E-state index contributed by atoms with van der Waals surface area (Å²) in [5, 5.41) is 2.88. The highest BCUT2D eigenvalue weighted by atomic mass is 32.2. The van der Waals surface area contributed by atoms with Gasteiger partial charge in [-0.3, -0.25) is 4.79 Å². The Morgan fingerprint density at radius 2 is 1.74 bits per heavy atom. The van der Waals surface area contributed by atoms with E-state index in [0.29, 0.717) is 13.0 Å². The van der Waals surface area contributed by atoms with Crippen molar-refractivity contribution in [3.8, 4) is 0 Å². The minimum absolute atomic E-state index is 0.0117. The fourth-order valence-electron chi connectivity index (χ4n) is 3.00. The van der Waals surface area contributed by atoms with Gasteiger partial charge in [0, 0.05) is 6.04 Å². The zero-order valence-electron chi connectivity index (χ0n) is 11.5. The van der Waals surface area contributed by atoms with E-state index in [2.05, 4.69) is 5.32 Å². The van der Waals surface area contributed by atoms with Gasteiger partial charge >= 0.3 is 0 Å². The first kappa shape index (κ1) is 14.8. The average molecular weight is 289 g/mol. The van der Waals surface area contributed by atoms with Crippen LogP contribution in [0.1, 0.15) is 38.5 Å². The molecule has 0 aromatic carbocycles. The lowest BCUT2D eigenvalue weighted by atomic mass is 10.1. The summed E-state index contributed by atoms with van der Waals surface area (Å²) in [6, 6.07) is -0.161. The SMILES string of the molecule is O=C(C[NH+]1CCCCCCC1)N[C@H]1CCS(=O)(=O)C1. The second kappa shape index (κ2) is 6.70. The molecule has 5 nitrogen and oxygen atoms in total. The molecular formula is C13H25N2O3S+. The molecule has 0 saturated carbocycles. The van der Waals surface area contributed by atoms with Crippen LogP contribution in [-0.2, 0) is 14.6 Å². The van der Waals surface area contributed by atoms with Crippen LogP contribution in [0.25, 0.3) is 0 Å². The molecule has 110 valence electrons. The van der Waals surface area contributed by atoms with Crippen LogP contribution in [0.3, 0.4) is 0 Å². The molecule has 2 aliphatic heterocycles. The predicted octanol–water partition coefficient (Wildman–Crippen LogP) is -0.861. The van der Waals surface area contributed by atoms with Gasteiger partial charge < -0.3 is 10.2 Å². The third-order valence-electron chi connectivity index (χ3n) is 4.07. The molecule has 0 aromatic heterocycles. The highest BCUT2D eigenvalue weighted by molar-refractivity contribution is 7.91. The molecule has 0 bridgehead atoms. The molecule has 2 heterocycles. The lowest BCUT2D eigenvalue weighted by molar-refractivity contribution is -0.893. The molecule has 2 aliphatic rings. The normalized spacial score (nSPS) is 28.5. The van der Waals surface area contributed by atoms with Gasteiger partial charge in [0.05, 0.1) is 24.6 Å². The maximum atomic E-state index is 11.9. The molecule has 0 aromatic rings. The second-order valence-corrected chi connectivity index (χ2v) is 8.09. The van der Waals surface area contributed by atoms with Gasteiger partial charge in [0.2, 0.25) is 0 Å². The monoisotopic (exact) mass is 289 g/mol. The molecule has 6 heteroatoms. The fourth-order valence-corrected chi connectivity index (χ4v) is 4.67. The number of carbonyl (C=O) groups is 1. The largest absolute Gasteiger partial charge is 0.347 e. The van der Waals surface area contributed by atoms with Crippen molar-refractivity contribution in [1.82, 2.24) is 5.32 Å². The average Bonchev–Trinajstić information content (AvgIpc) is 2.61. The number of quaternary nitrogens is 1.